The molecule has 2 atom stereocenters. The SMILES string of the molecule is COC(OC)C(C)(CN)NC(C)CCCO. The summed E-state index contributed by atoms with van der Waals surface area (Å²) in [7, 11) is 3.20. The van der Waals surface area contributed by atoms with Crippen molar-refractivity contribution in [1.29, 1.82) is 0 Å². The Balaban J connectivity index is 4.33. The first-order valence-electron chi connectivity index (χ1n) is 5.68. The average molecular weight is 234 g/mol. The summed E-state index contributed by atoms with van der Waals surface area (Å²) in [4.78, 5) is 0. The van der Waals surface area contributed by atoms with Crippen molar-refractivity contribution in [3.05, 3.63) is 0 Å². The van der Waals surface area contributed by atoms with Crippen LogP contribution >= 0.6 is 0 Å². The lowest BCUT2D eigenvalue weighted by molar-refractivity contribution is -0.151. The van der Waals surface area contributed by atoms with Crippen LogP contribution in [0.4, 0.5) is 0 Å². The number of nitrogens with one attached hydrogen (secondary N) is 1. The van der Waals surface area contributed by atoms with Gasteiger partial charge in [-0.1, -0.05) is 0 Å². The second kappa shape index (κ2) is 7.97. The zero-order chi connectivity index (χ0) is 12.6. The molecule has 0 spiro atoms. The highest BCUT2D eigenvalue weighted by Gasteiger charge is 2.34. The van der Waals surface area contributed by atoms with Crippen molar-refractivity contribution in [2.24, 2.45) is 5.73 Å². The molecule has 5 heteroatoms. The normalized spacial score (nSPS) is 17.4. The lowest BCUT2D eigenvalue weighted by Crippen LogP contribution is -2.60. The molecule has 0 aromatic heterocycles. The lowest BCUT2D eigenvalue weighted by atomic mass is 9.99. The van der Waals surface area contributed by atoms with Crippen molar-refractivity contribution in [3.63, 3.8) is 0 Å². The van der Waals surface area contributed by atoms with Gasteiger partial charge in [-0.15, -0.1) is 0 Å². The van der Waals surface area contributed by atoms with Gasteiger partial charge in [0.15, 0.2) is 6.29 Å². The minimum Gasteiger partial charge on any atom is -0.396 e. The quantitative estimate of drug-likeness (QED) is 0.492. The van der Waals surface area contributed by atoms with E-state index in [1.807, 2.05) is 6.92 Å². The minimum atomic E-state index is -0.418. The van der Waals surface area contributed by atoms with E-state index in [9.17, 15) is 0 Å². The van der Waals surface area contributed by atoms with Crippen molar-refractivity contribution >= 4 is 0 Å². The summed E-state index contributed by atoms with van der Waals surface area (Å²) in [6.07, 6.45) is 1.29. The van der Waals surface area contributed by atoms with Gasteiger partial charge in [-0.2, -0.15) is 0 Å². The number of ether oxygens (including phenoxy) is 2. The first-order valence-corrected chi connectivity index (χ1v) is 5.68. The number of rotatable bonds is 9. The van der Waals surface area contributed by atoms with E-state index in [0.717, 1.165) is 12.8 Å². The Morgan fingerprint density at radius 1 is 1.38 bits per heavy atom. The first kappa shape index (κ1) is 15.8. The van der Waals surface area contributed by atoms with Gasteiger partial charge in [-0.3, -0.25) is 0 Å². The zero-order valence-electron chi connectivity index (χ0n) is 10.8. The number of aliphatic hydroxyl groups excluding tert-OH is 1. The van der Waals surface area contributed by atoms with Gasteiger partial charge in [-0.25, -0.2) is 0 Å². The van der Waals surface area contributed by atoms with Crippen LogP contribution in [0.2, 0.25) is 0 Å². The molecule has 98 valence electrons. The van der Waals surface area contributed by atoms with Crippen molar-refractivity contribution < 1.29 is 14.6 Å². The number of hydrogen-bond donors (Lipinski definition) is 3. The summed E-state index contributed by atoms with van der Waals surface area (Å²) < 4.78 is 10.5. The molecule has 16 heavy (non-hydrogen) atoms. The van der Waals surface area contributed by atoms with E-state index in [-0.39, 0.29) is 18.9 Å². The van der Waals surface area contributed by atoms with E-state index < -0.39 is 5.54 Å². The van der Waals surface area contributed by atoms with E-state index in [1.54, 1.807) is 14.2 Å². The van der Waals surface area contributed by atoms with Crippen LogP contribution < -0.4 is 11.1 Å². The van der Waals surface area contributed by atoms with Crippen molar-refractivity contribution in [3.8, 4) is 0 Å². The molecule has 0 heterocycles. The third-order valence-electron chi connectivity index (χ3n) is 2.74. The van der Waals surface area contributed by atoms with Crippen LogP contribution in [0.1, 0.15) is 26.7 Å². The summed E-state index contributed by atoms with van der Waals surface area (Å²) in [5, 5.41) is 12.2. The Labute approximate surface area is 98.3 Å². The maximum atomic E-state index is 8.77. The minimum absolute atomic E-state index is 0.212. The molecule has 0 amide bonds. The fourth-order valence-corrected chi connectivity index (χ4v) is 1.87. The fraction of sp³-hybridized carbons (Fsp3) is 1.00. The van der Waals surface area contributed by atoms with Crippen LogP contribution in [0.15, 0.2) is 0 Å². The number of methoxy groups -OCH3 is 2. The maximum Gasteiger partial charge on any atom is 0.175 e. The lowest BCUT2D eigenvalue weighted by Gasteiger charge is -2.37. The zero-order valence-corrected chi connectivity index (χ0v) is 10.8. The number of aliphatic hydroxyl groups is 1. The van der Waals surface area contributed by atoms with Crippen LogP contribution in [-0.4, -0.2) is 50.3 Å². The predicted octanol–water partition coefficient (Wildman–Crippen LogP) is 0.0733. The third kappa shape index (κ3) is 4.76. The van der Waals surface area contributed by atoms with Crippen LogP contribution in [0.3, 0.4) is 0 Å². The molecule has 0 saturated carbocycles. The molecule has 0 rings (SSSR count). The molecule has 0 saturated heterocycles. The first-order chi connectivity index (χ1) is 7.53. The van der Waals surface area contributed by atoms with Crippen LogP contribution in [0.25, 0.3) is 0 Å². The van der Waals surface area contributed by atoms with Gasteiger partial charge >= 0.3 is 0 Å². The Hall–Kier alpha value is -0.200. The third-order valence-corrected chi connectivity index (χ3v) is 2.74. The second-order valence-corrected chi connectivity index (χ2v) is 4.34. The molecule has 0 aliphatic rings. The van der Waals surface area contributed by atoms with Gasteiger partial charge in [0, 0.05) is 33.4 Å². The van der Waals surface area contributed by atoms with Gasteiger partial charge in [0.25, 0.3) is 0 Å². The summed E-state index contributed by atoms with van der Waals surface area (Å²) in [5.74, 6) is 0. The molecular weight excluding hydrogens is 208 g/mol. The van der Waals surface area contributed by atoms with Crippen LogP contribution in [0, 0.1) is 0 Å². The Morgan fingerprint density at radius 3 is 2.31 bits per heavy atom. The topological polar surface area (TPSA) is 76.7 Å². The van der Waals surface area contributed by atoms with Gasteiger partial charge in [-0.05, 0) is 26.7 Å². The largest absolute Gasteiger partial charge is 0.396 e. The van der Waals surface area contributed by atoms with E-state index in [0.29, 0.717) is 6.54 Å². The van der Waals surface area contributed by atoms with Gasteiger partial charge < -0.3 is 25.6 Å². The Kier molecular flexibility index (Phi) is 7.87. The van der Waals surface area contributed by atoms with Crippen molar-refractivity contribution in [2.75, 3.05) is 27.4 Å². The van der Waals surface area contributed by atoms with E-state index in [4.69, 9.17) is 20.3 Å². The number of hydrogen-bond acceptors (Lipinski definition) is 5. The average Bonchev–Trinajstić information content (AvgIpc) is 2.27. The highest BCUT2D eigenvalue weighted by atomic mass is 16.7. The van der Waals surface area contributed by atoms with Gasteiger partial charge in [0.05, 0.1) is 5.54 Å². The molecule has 0 fully saturated rings. The second-order valence-electron chi connectivity index (χ2n) is 4.34. The Morgan fingerprint density at radius 2 is 1.94 bits per heavy atom. The molecule has 0 aromatic rings. The summed E-state index contributed by atoms with van der Waals surface area (Å²) in [6.45, 7) is 4.66. The van der Waals surface area contributed by atoms with E-state index in [1.165, 1.54) is 0 Å². The summed E-state index contributed by atoms with van der Waals surface area (Å²) >= 11 is 0. The molecule has 0 aliphatic carbocycles. The van der Waals surface area contributed by atoms with Gasteiger partial charge in [0.2, 0.25) is 0 Å². The predicted molar refractivity (Wildman–Crippen MR) is 64.2 cm³/mol. The van der Waals surface area contributed by atoms with E-state index >= 15 is 0 Å². The van der Waals surface area contributed by atoms with E-state index in [2.05, 4.69) is 12.2 Å². The standard InChI is InChI=1S/C11H26N2O3/c1-9(6-5-7-14)13-11(2,8-12)10(15-3)16-4/h9-10,13-14H,5-8,12H2,1-4H3. The van der Waals surface area contributed by atoms with Gasteiger partial charge in [0.1, 0.15) is 0 Å². The fourth-order valence-electron chi connectivity index (χ4n) is 1.87. The molecule has 2 unspecified atom stereocenters. The molecular formula is C11H26N2O3. The highest BCUT2D eigenvalue weighted by molar-refractivity contribution is 4.90. The molecule has 0 aromatic carbocycles. The van der Waals surface area contributed by atoms with Crippen LogP contribution in [0.5, 0.6) is 0 Å². The molecule has 4 N–H and O–H groups in total. The Bertz CT molecular complexity index is 177. The molecule has 5 nitrogen and oxygen atoms in total. The molecule has 0 bridgehead atoms. The maximum absolute atomic E-state index is 8.77. The van der Waals surface area contributed by atoms with Crippen LogP contribution in [-0.2, 0) is 9.47 Å². The number of nitrogens with two attached hydrogens (primary N) is 1. The summed E-state index contributed by atoms with van der Waals surface area (Å²) in [6, 6.07) is 0.258. The monoisotopic (exact) mass is 234 g/mol. The molecule has 0 radical (unpaired) electrons. The molecule has 0 aliphatic heterocycles. The van der Waals surface area contributed by atoms with Crippen molar-refractivity contribution in [2.45, 2.75) is 44.6 Å². The van der Waals surface area contributed by atoms with Crippen molar-refractivity contribution in [1.82, 2.24) is 5.32 Å². The highest BCUT2D eigenvalue weighted by Crippen LogP contribution is 2.14. The smallest absolute Gasteiger partial charge is 0.175 e. The summed E-state index contributed by atoms with van der Waals surface area (Å²) in [5.41, 5.74) is 5.35.